The highest BCUT2D eigenvalue weighted by molar-refractivity contribution is 5.76. The molecule has 3 rings (SSSR count). The Labute approximate surface area is 141 Å². The summed E-state index contributed by atoms with van der Waals surface area (Å²) in [5, 5.41) is 3.92. The lowest BCUT2D eigenvalue weighted by atomic mass is 10.2. The first-order valence-electron chi connectivity index (χ1n) is 8.31. The Bertz CT molecular complexity index is 686. The third kappa shape index (κ3) is 3.81. The molecule has 8 heteroatoms. The Kier molecular flexibility index (Phi) is 4.94. The number of nitrogens with zero attached hydrogens (tertiary/aromatic N) is 6. The van der Waals surface area contributed by atoms with Crippen LogP contribution in [-0.4, -0.2) is 61.6 Å². The lowest BCUT2D eigenvalue weighted by Crippen LogP contribution is -2.48. The molecule has 0 saturated carbocycles. The maximum atomic E-state index is 12.5. The SMILES string of the molecule is Cc1nc(CN2CCN(C(=O)CC(C)n3ccnc3C)CC2)no1. The van der Waals surface area contributed by atoms with Crippen molar-refractivity contribution in [3.63, 3.8) is 0 Å². The second-order valence-electron chi connectivity index (χ2n) is 6.32. The van der Waals surface area contributed by atoms with Gasteiger partial charge in [-0.15, -0.1) is 0 Å². The summed E-state index contributed by atoms with van der Waals surface area (Å²) < 4.78 is 7.04. The van der Waals surface area contributed by atoms with E-state index in [9.17, 15) is 4.79 Å². The average Bonchev–Trinajstić information content (AvgIpc) is 3.16. The van der Waals surface area contributed by atoms with Crippen molar-refractivity contribution < 1.29 is 9.32 Å². The second-order valence-corrected chi connectivity index (χ2v) is 6.32. The van der Waals surface area contributed by atoms with Crippen LogP contribution in [0.1, 0.15) is 36.9 Å². The van der Waals surface area contributed by atoms with Gasteiger partial charge < -0.3 is 14.0 Å². The van der Waals surface area contributed by atoms with Crippen LogP contribution in [0.15, 0.2) is 16.9 Å². The molecule has 2 aromatic rings. The van der Waals surface area contributed by atoms with E-state index in [-0.39, 0.29) is 11.9 Å². The highest BCUT2D eigenvalue weighted by atomic mass is 16.5. The maximum Gasteiger partial charge on any atom is 0.224 e. The van der Waals surface area contributed by atoms with Crippen molar-refractivity contribution >= 4 is 5.91 Å². The number of hydrogen-bond acceptors (Lipinski definition) is 6. The number of piperazine rings is 1. The lowest BCUT2D eigenvalue weighted by molar-refractivity contribution is -0.133. The predicted molar refractivity (Wildman–Crippen MR) is 87.2 cm³/mol. The molecule has 0 radical (unpaired) electrons. The molecule has 0 aliphatic carbocycles. The average molecular weight is 332 g/mol. The second kappa shape index (κ2) is 7.12. The third-order valence-corrected chi connectivity index (χ3v) is 4.47. The van der Waals surface area contributed by atoms with E-state index in [4.69, 9.17) is 4.52 Å². The normalized spacial score (nSPS) is 17.2. The number of carbonyl (C=O) groups excluding carboxylic acids is 1. The van der Waals surface area contributed by atoms with Gasteiger partial charge in [-0.1, -0.05) is 5.16 Å². The van der Waals surface area contributed by atoms with Crippen LogP contribution in [0.2, 0.25) is 0 Å². The smallest absolute Gasteiger partial charge is 0.224 e. The van der Waals surface area contributed by atoms with Gasteiger partial charge in [-0.25, -0.2) is 4.98 Å². The molecular formula is C16H24N6O2. The van der Waals surface area contributed by atoms with Crippen LogP contribution in [-0.2, 0) is 11.3 Å². The molecule has 1 fully saturated rings. The predicted octanol–water partition coefficient (Wildman–Crippen LogP) is 1.18. The van der Waals surface area contributed by atoms with Gasteiger partial charge in [-0.3, -0.25) is 9.69 Å². The van der Waals surface area contributed by atoms with Crippen LogP contribution in [0.5, 0.6) is 0 Å². The van der Waals surface area contributed by atoms with Gasteiger partial charge in [-0.05, 0) is 13.8 Å². The molecule has 0 bridgehead atoms. The van der Waals surface area contributed by atoms with Crippen molar-refractivity contribution in [2.24, 2.45) is 0 Å². The molecule has 2 aromatic heterocycles. The fraction of sp³-hybridized carbons (Fsp3) is 0.625. The van der Waals surface area contributed by atoms with Crippen molar-refractivity contribution in [3.05, 3.63) is 29.9 Å². The van der Waals surface area contributed by atoms with Crippen LogP contribution < -0.4 is 0 Å². The zero-order valence-corrected chi connectivity index (χ0v) is 14.5. The Morgan fingerprint density at radius 1 is 1.29 bits per heavy atom. The van der Waals surface area contributed by atoms with Gasteiger partial charge in [0.2, 0.25) is 11.8 Å². The number of aromatic nitrogens is 4. The zero-order chi connectivity index (χ0) is 17.1. The lowest BCUT2D eigenvalue weighted by Gasteiger charge is -2.34. The van der Waals surface area contributed by atoms with E-state index in [0.717, 1.165) is 32.0 Å². The first-order chi connectivity index (χ1) is 11.5. The molecule has 1 aliphatic rings. The summed E-state index contributed by atoms with van der Waals surface area (Å²) in [6, 6.07) is 0.125. The topological polar surface area (TPSA) is 80.3 Å². The van der Waals surface area contributed by atoms with E-state index < -0.39 is 0 Å². The van der Waals surface area contributed by atoms with Crippen LogP contribution in [0.3, 0.4) is 0 Å². The standard InChI is InChI=1S/C16H24N6O2/c1-12(22-5-4-17-13(22)2)10-16(23)21-8-6-20(7-9-21)11-15-18-14(3)24-19-15/h4-5,12H,6-11H2,1-3H3. The molecule has 0 N–H and O–H groups in total. The molecule has 1 aliphatic heterocycles. The molecule has 1 unspecified atom stereocenters. The van der Waals surface area contributed by atoms with Crippen LogP contribution in [0, 0.1) is 13.8 Å². The molecule has 0 aromatic carbocycles. The number of amides is 1. The number of aryl methyl sites for hydroxylation is 2. The number of imidazole rings is 1. The fourth-order valence-electron chi connectivity index (χ4n) is 3.09. The van der Waals surface area contributed by atoms with E-state index in [1.165, 1.54) is 0 Å². The van der Waals surface area contributed by atoms with Crippen molar-refractivity contribution in [2.75, 3.05) is 26.2 Å². The van der Waals surface area contributed by atoms with Gasteiger partial charge in [0.05, 0.1) is 6.54 Å². The molecule has 1 atom stereocenters. The molecule has 8 nitrogen and oxygen atoms in total. The monoisotopic (exact) mass is 332 g/mol. The number of rotatable bonds is 5. The molecular weight excluding hydrogens is 308 g/mol. The van der Waals surface area contributed by atoms with E-state index in [0.29, 0.717) is 24.7 Å². The van der Waals surface area contributed by atoms with E-state index in [1.54, 1.807) is 13.1 Å². The van der Waals surface area contributed by atoms with Crippen LogP contribution >= 0.6 is 0 Å². The quantitative estimate of drug-likeness (QED) is 0.818. The Balaban J connectivity index is 1.47. The molecule has 0 spiro atoms. The fourth-order valence-corrected chi connectivity index (χ4v) is 3.09. The third-order valence-electron chi connectivity index (χ3n) is 4.47. The highest BCUT2D eigenvalue weighted by Gasteiger charge is 2.23. The van der Waals surface area contributed by atoms with Gasteiger partial charge in [0.1, 0.15) is 5.82 Å². The van der Waals surface area contributed by atoms with Crippen molar-refractivity contribution in [1.29, 1.82) is 0 Å². The van der Waals surface area contributed by atoms with Crippen molar-refractivity contribution in [1.82, 2.24) is 29.5 Å². The molecule has 24 heavy (non-hydrogen) atoms. The Morgan fingerprint density at radius 3 is 2.62 bits per heavy atom. The molecule has 130 valence electrons. The summed E-state index contributed by atoms with van der Waals surface area (Å²) in [6.07, 6.45) is 4.20. The van der Waals surface area contributed by atoms with Crippen molar-refractivity contribution in [3.8, 4) is 0 Å². The molecule has 1 amide bonds. The van der Waals surface area contributed by atoms with Crippen molar-refractivity contribution in [2.45, 2.75) is 39.8 Å². The van der Waals surface area contributed by atoms with E-state index in [2.05, 4.69) is 26.9 Å². The van der Waals surface area contributed by atoms with Gasteiger partial charge in [0.15, 0.2) is 5.82 Å². The summed E-state index contributed by atoms with van der Waals surface area (Å²) in [7, 11) is 0. The minimum Gasteiger partial charge on any atom is -0.340 e. The van der Waals surface area contributed by atoms with Gasteiger partial charge in [-0.2, -0.15) is 4.98 Å². The van der Waals surface area contributed by atoms with E-state index >= 15 is 0 Å². The molecule has 3 heterocycles. The Hall–Kier alpha value is -2.22. The van der Waals surface area contributed by atoms with Crippen LogP contribution in [0.4, 0.5) is 0 Å². The first kappa shape index (κ1) is 16.6. The minimum absolute atomic E-state index is 0.125. The summed E-state index contributed by atoms with van der Waals surface area (Å²) >= 11 is 0. The maximum absolute atomic E-state index is 12.5. The Morgan fingerprint density at radius 2 is 2.04 bits per heavy atom. The zero-order valence-electron chi connectivity index (χ0n) is 14.5. The molecule has 1 saturated heterocycles. The summed E-state index contributed by atoms with van der Waals surface area (Å²) in [6.45, 7) is 9.62. The summed E-state index contributed by atoms with van der Waals surface area (Å²) in [5.41, 5.74) is 0. The van der Waals surface area contributed by atoms with Gasteiger partial charge >= 0.3 is 0 Å². The van der Waals surface area contributed by atoms with E-state index in [1.807, 2.05) is 22.6 Å². The largest absolute Gasteiger partial charge is 0.340 e. The number of hydrogen-bond donors (Lipinski definition) is 0. The minimum atomic E-state index is 0.125. The summed E-state index contributed by atoms with van der Waals surface area (Å²) in [4.78, 5) is 25.2. The summed E-state index contributed by atoms with van der Waals surface area (Å²) in [5.74, 6) is 2.43. The highest BCUT2D eigenvalue weighted by Crippen LogP contribution is 2.16. The van der Waals surface area contributed by atoms with Crippen LogP contribution in [0.25, 0.3) is 0 Å². The van der Waals surface area contributed by atoms with Gasteiger partial charge in [0, 0.05) is 58.0 Å². The van der Waals surface area contributed by atoms with Gasteiger partial charge in [0.25, 0.3) is 0 Å². The number of carbonyl (C=O) groups is 1. The first-order valence-corrected chi connectivity index (χ1v) is 8.31.